The maximum absolute atomic E-state index is 14.6. The lowest BCUT2D eigenvalue weighted by atomic mass is 9.76. The van der Waals surface area contributed by atoms with Gasteiger partial charge >= 0.3 is 0 Å². The molecule has 9 heteroatoms. The summed E-state index contributed by atoms with van der Waals surface area (Å²) in [5.74, 6) is -6.53. The highest BCUT2D eigenvalue weighted by Crippen LogP contribution is 2.56. The Morgan fingerprint density at radius 1 is 1.07 bits per heavy atom. The molecule has 28 heavy (non-hydrogen) atoms. The van der Waals surface area contributed by atoms with E-state index in [1.165, 1.54) is 56.1 Å². The van der Waals surface area contributed by atoms with Crippen LogP contribution in [0.2, 0.25) is 0 Å². The number of nitro benzene ring substituents is 1. The number of ether oxygens (including phenoxy) is 1. The van der Waals surface area contributed by atoms with Crippen LogP contribution < -0.4 is 9.64 Å². The van der Waals surface area contributed by atoms with E-state index in [0.29, 0.717) is 5.56 Å². The van der Waals surface area contributed by atoms with Crippen molar-refractivity contribution in [3.63, 3.8) is 0 Å². The van der Waals surface area contributed by atoms with Crippen LogP contribution in [0.25, 0.3) is 6.08 Å². The average Bonchev–Trinajstić information content (AvgIpc) is 2.82. The highest BCUT2D eigenvalue weighted by Gasteiger charge is 2.61. The molecular formula is C19H14F4N2O3. The molecule has 0 aliphatic carbocycles. The van der Waals surface area contributed by atoms with Gasteiger partial charge in [-0.05, 0) is 32.1 Å². The number of halogens is 4. The summed E-state index contributed by atoms with van der Waals surface area (Å²) >= 11 is 0. The number of nitrogens with zero attached hydrogens (tertiary/aromatic N) is 2. The predicted molar refractivity (Wildman–Crippen MR) is 93.2 cm³/mol. The van der Waals surface area contributed by atoms with E-state index in [1.54, 1.807) is 0 Å². The van der Waals surface area contributed by atoms with Gasteiger partial charge in [0.25, 0.3) is 5.69 Å². The second-order valence-electron chi connectivity index (χ2n) is 7.27. The molecule has 0 saturated carbocycles. The molecule has 2 heterocycles. The quantitative estimate of drug-likeness (QED) is 0.232. The number of rotatable bonds is 1. The summed E-state index contributed by atoms with van der Waals surface area (Å²) in [5.41, 5.74) is -3.35. The third-order valence-corrected chi connectivity index (χ3v) is 5.56. The molecule has 2 aromatic carbocycles. The van der Waals surface area contributed by atoms with Crippen LogP contribution in [-0.2, 0) is 5.41 Å². The van der Waals surface area contributed by atoms with Crippen LogP contribution in [0.3, 0.4) is 0 Å². The highest BCUT2D eigenvalue weighted by atomic mass is 19.2. The molecule has 4 rings (SSSR count). The molecular weight excluding hydrogens is 380 g/mol. The number of fused-ring (bicyclic) bond motifs is 2. The first-order valence-electron chi connectivity index (χ1n) is 8.30. The Bertz CT molecular complexity index is 1080. The van der Waals surface area contributed by atoms with Crippen molar-refractivity contribution < 1.29 is 27.2 Å². The van der Waals surface area contributed by atoms with Crippen LogP contribution in [0.5, 0.6) is 5.75 Å². The summed E-state index contributed by atoms with van der Waals surface area (Å²) in [6.45, 7) is 3.05. The first-order valence-corrected chi connectivity index (χ1v) is 8.30. The lowest BCUT2D eigenvalue weighted by Gasteiger charge is -2.45. The van der Waals surface area contributed by atoms with Crippen molar-refractivity contribution in [2.24, 2.45) is 0 Å². The Morgan fingerprint density at radius 3 is 2.36 bits per heavy atom. The van der Waals surface area contributed by atoms with E-state index >= 15 is 0 Å². The summed E-state index contributed by atoms with van der Waals surface area (Å²) in [6, 6.07) is 3.91. The fourth-order valence-electron chi connectivity index (χ4n) is 4.06. The van der Waals surface area contributed by atoms with Crippen LogP contribution in [0.4, 0.5) is 28.9 Å². The SMILES string of the molecule is CN1c2c(F)c(F)c(F)c(F)c2C(C)(C)C12C=Cc1cc([N+](=O)[O-])ccc1O2. The van der Waals surface area contributed by atoms with Crippen molar-refractivity contribution in [3.05, 3.63) is 68.8 Å². The van der Waals surface area contributed by atoms with Gasteiger partial charge in [0, 0.05) is 30.3 Å². The summed E-state index contributed by atoms with van der Waals surface area (Å²) in [5, 5.41) is 11.0. The molecule has 0 bridgehead atoms. The molecule has 2 aromatic rings. The van der Waals surface area contributed by atoms with Crippen molar-refractivity contribution in [2.45, 2.75) is 25.0 Å². The van der Waals surface area contributed by atoms with Crippen molar-refractivity contribution in [2.75, 3.05) is 11.9 Å². The zero-order valence-corrected chi connectivity index (χ0v) is 15.0. The third kappa shape index (κ3) is 2.01. The van der Waals surface area contributed by atoms with Crippen molar-refractivity contribution in [1.82, 2.24) is 0 Å². The van der Waals surface area contributed by atoms with Crippen LogP contribution in [0.15, 0.2) is 24.3 Å². The Labute approximate surface area is 157 Å². The number of likely N-dealkylation sites (N-methyl/N-ethyl adjacent to an activating group) is 1. The largest absolute Gasteiger partial charge is 0.463 e. The maximum Gasteiger partial charge on any atom is 0.270 e. The van der Waals surface area contributed by atoms with Gasteiger partial charge in [-0.2, -0.15) is 0 Å². The number of nitro groups is 1. The molecule has 146 valence electrons. The van der Waals surface area contributed by atoms with Gasteiger partial charge in [-0.25, -0.2) is 17.6 Å². The van der Waals surface area contributed by atoms with E-state index in [0.717, 1.165) is 0 Å². The summed E-state index contributed by atoms with van der Waals surface area (Å²) in [7, 11) is 1.38. The Hall–Kier alpha value is -3.10. The predicted octanol–water partition coefficient (Wildman–Crippen LogP) is 4.68. The van der Waals surface area contributed by atoms with E-state index in [9.17, 15) is 27.7 Å². The molecule has 0 aromatic heterocycles. The lowest BCUT2D eigenvalue weighted by molar-refractivity contribution is -0.384. The van der Waals surface area contributed by atoms with E-state index in [2.05, 4.69) is 0 Å². The van der Waals surface area contributed by atoms with Gasteiger partial charge in [0.1, 0.15) is 5.75 Å². The van der Waals surface area contributed by atoms with Crippen LogP contribution in [-0.4, -0.2) is 17.7 Å². The Kier molecular flexibility index (Phi) is 3.56. The topological polar surface area (TPSA) is 55.6 Å². The van der Waals surface area contributed by atoms with E-state index < -0.39 is 45.0 Å². The van der Waals surface area contributed by atoms with Gasteiger partial charge in [-0.3, -0.25) is 10.1 Å². The number of non-ortho nitro benzene ring substituents is 1. The molecule has 1 atom stereocenters. The highest BCUT2D eigenvalue weighted by molar-refractivity contribution is 5.73. The molecule has 0 saturated heterocycles. The molecule has 2 aliphatic heterocycles. The van der Waals surface area contributed by atoms with Crippen LogP contribution in [0.1, 0.15) is 25.0 Å². The van der Waals surface area contributed by atoms with Crippen molar-refractivity contribution in [1.29, 1.82) is 0 Å². The monoisotopic (exact) mass is 394 g/mol. The average molecular weight is 394 g/mol. The minimum atomic E-state index is -1.90. The summed E-state index contributed by atoms with van der Waals surface area (Å²) < 4.78 is 63.0. The molecule has 0 radical (unpaired) electrons. The third-order valence-electron chi connectivity index (χ3n) is 5.56. The van der Waals surface area contributed by atoms with Gasteiger partial charge in [-0.15, -0.1) is 0 Å². The molecule has 2 aliphatic rings. The smallest absolute Gasteiger partial charge is 0.270 e. The molecule has 0 fully saturated rings. The van der Waals surface area contributed by atoms with Crippen LogP contribution in [0, 0.1) is 33.4 Å². The number of anilines is 1. The number of benzene rings is 2. The fraction of sp³-hybridized carbons (Fsp3) is 0.263. The van der Waals surface area contributed by atoms with Crippen molar-refractivity contribution in [3.8, 4) is 5.75 Å². The molecule has 0 N–H and O–H groups in total. The maximum atomic E-state index is 14.6. The summed E-state index contributed by atoms with van der Waals surface area (Å²) in [6.07, 6.45) is 3.01. The van der Waals surface area contributed by atoms with E-state index in [-0.39, 0.29) is 17.0 Å². The number of hydrogen-bond acceptors (Lipinski definition) is 4. The minimum Gasteiger partial charge on any atom is -0.463 e. The molecule has 1 spiro atoms. The fourth-order valence-corrected chi connectivity index (χ4v) is 4.06. The van der Waals surface area contributed by atoms with Gasteiger partial charge in [0.2, 0.25) is 5.72 Å². The zero-order chi connectivity index (χ0) is 20.6. The van der Waals surface area contributed by atoms with E-state index in [1.807, 2.05) is 0 Å². The van der Waals surface area contributed by atoms with Crippen LogP contribution >= 0.6 is 0 Å². The zero-order valence-electron chi connectivity index (χ0n) is 15.0. The standard InChI is InChI=1S/C19H14F4N2O3/c1-18(2)12-13(20)14(21)15(22)16(23)17(12)24(3)19(18)7-6-9-8-10(25(26)27)4-5-11(9)28-19/h4-8H,1-3H3. The Morgan fingerprint density at radius 2 is 1.71 bits per heavy atom. The first kappa shape index (κ1) is 18.3. The van der Waals surface area contributed by atoms with Gasteiger partial charge < -0.3 is 9.64 Å². The summed E-state index contributed by atoms with van der Waals surface area (Å²) in [4.78, 5) is 11.6. The minimum absolute atomic E-state index is 0.147. The first-order chi connectivity index (χ1) is 13.0. The molecule has 0 amide bonds. The van der Waals surface area contributed by atoms with E-state index in [4.69, 9.17) is 4.74 Å². The van der Waals surface area contributed by atoms with Crippen molar-refractivity contribution >= 4 is 17.5 Å². The number of hydrogen-bond donors (Lipinski definition) is 0. The Balaban J connectivity index is 1.93. The molecule has 1 unspecified atom stereocenters. The lowest BCUT2D eigenvalue weighted by Crippen LogP contribution is -2.58. The second kappa shape index (κ2) is 5.46. The van der Waals surface area contributed by atoms with Gasteiger partial charge in [0.15, 0.2) is 23.3 Å². The molecule has 5 nitrogen and oxygen atoms in total. The second-order valence-corrected chi connectivity index (χ2v) is 7.27. The normalized spacial score (nSPS) is 21.5. The van der Waals surface area contributed by atoms with Gasteiger partial charge in [0.05, 0.1) is 16.0 Å². The van der Waals surface area contributed by atoms with Gasteiger partial charge in [-0.1, -0.05) is 0 Å².